The molecule has 1 aromatic rings. The largest absolute Gasteiger partial charge is 0.315 e. The number of hydrogen-bond donors (Lipinski definition) is 2. The molecule has 4 nitrogen and oxygen atoms in total. The lowest BCUT2D eigenvalue weighted by molar-refractivity contribution is 0.562. The Labute approximate surface area is 87.4 Å². The molecule has 0 radical (unpaired) electrons. The molecule has 0 spiro atoms. The minimum atomic E-state index is -3.27. The van der Waals surface area contributed by atoms with Gasteiger partial charge in [0.05, 0.1) is 0 Å². The third-order valence-electron chi connectivity index (χ3n) is 2.14. The number of thiophene rings is 1. The highest BCUT2D eigenvalue weighted by molar-refractivity contribution is 7.91. The van der Waals surface area contributed by atoms with Gasteiger partial charge in [-0.25, -0.2) is 13.1 Å². The summed E-state index contributed by atoms with van der Waals surface area (Å²) in [6.45, 7) is 1.61. The van der Waals surface area contributed by atoms with Gasteiger partial charge in [-0.15, -0.1) is 11.3 Å². The van der Waals surface area contributed by atoms with Crippen LogP contribution >= 0.6 is 11.3 Å². The van der Waals surface area contributed by atoms with Gasteiger partial charge in [-0.05, 0) is 24.4 Å². The van der Waals surface area contributed by atoms with Crippen molar-refractivity contribution in [3.05, 3.63) is 17.5 Å². The minimum Gasteiger partial charge on any atom is -0.315 e. The molecule has 1 atom stereocenters. The highest BCUT2D eigenvalue weighted by Crippen LogP contribution is 2.16. The van der Waals surface area contributed by atoms with E-state index in [-0.39, 0.29) is 6.04 Å². The smallest absolute Gasteiger partial charge is 0.250 e. The van der Waals surface area contributed by atoms with E-state index < -0.39 is 10.0 Å². The Morgan fingerprint density at radius 1 is 1.57 bits per heavy atom. The maximum atomic E-state index is 11.7. The Hall–Kier alpha value is -0.430. The molecular weight excluding hydrogens is 220 g/mol. The second-order valence-electron chi connectivity index (χ2n) is 3.24. The van der Waals surface area contributed by atoms with E-state index in [1.165, 1.54) is 11.3 Å². The maximum absolute atomic E-state index is 11.7. The highest BCUT2D eigenvalue weighted by atomic mass is 32.2. The van der Waals surface area contributed by atoms with E-state index in [2.05, 4.69) is 10.0 Å². The van der Waals surface area contributed by atoms with Gasteiger partial charge in [0.15, 0.2) is 0 Å². The normalized spacial score (nSPS) is 22.7. The lowest BCUT2D eigenvalue weighted by Crippen LogP contribution is -2.35. The van der Waals surface area contributed by atoms with Crippen molar-refractivity contribution in [1.29, 1.82) is 0 Å². The van der Waals surface area contributed by atoms with E-state index in [4.69, 9.17) is 0 Å². The van der Waals surface area contributed by atoms with Gasteiger partial charge in [0, 0.05) is 12.6 Å². The maximum Gasteiger partial charge on any atom is 0.250 e. The third kappa shape index (κ3) is 2.14. The summed E-state index contributed by atoms with van der Waals surface area (Å²) in [5, 5.41) is 4.88. The molecule has 0 bridgehead atoms. The van der Waals surface area contributed by atoms with Crippen molar-refractivity contribution in [2.75, 3.05) is 13.1 Å². The quantitative estimate of drug-likeness (QED) is 0.792. The first-order chi connectivity index (χ1) is 6.68. The molecule has 0 amide bonds. The predicted molar refractivity (Wildman–Crippen MR) is 55.9 cm³/mol. The van der Waals surface area contributed by atoms with Crippen LogP contribution in [0.1, 0.15) is 6.42 Å². The summed E-state index contributed by atoms with van der Waals surface area (Å²) in [7, 11) is -3.27. The van der Waals surface area contributed by atoms with Crippen LogP contribution < -0.4 is 10.0 Å². The zero-order valence-electron chi connectivity index (χ0n) is 7.56. The zero-order valence-corrected chi connectivity index (χ0v) is 9.20. The van der Waals surface area contributed by atoms with Gasteiger partial charge in [0.25, 0.3) is 0 Å². The van der Waals surface area contributed by atoms with Crippen molar-refractivity contribution in [2.45, 2.75) is 16.7 Å². The molecule has 1 aliphatic rings. The van der Waals surface area contributed by atoms with Crippen LogP contribution in [0.3, 0.4) is 0 Å². The van der Waals surface area contributed by atoms with Crippen molar-refractivity contribution in [3.8, 4) is 0 Å². The monoisotopic (exact) mass is 232 g/mol. The van der Waals surface area contributed by atoms with Crippen molar-refractivity contribution < 1.29 is 8.42 Å². The molecule has 0 aliphatic carbocycles. The molecule has 6 heteroatoms. The first-order valence-electron chi connectivity index (χ1n) is 4.45. The van der Waals surface area contributed by atoms with Crippen LogP contribution in [0.4, 0.5) is 0 Å². The molecule has 78 valence electrons. The standard InChI is InChI=1S/C8H12N2O2S2/c11-14(12,8-2-1-5-13-8)10-7-3-4-9-6-7/h1-2,5,7,9-10H,3-4,6H2. The van der Waals surface area contributed by atoms with Crippen LogP contribution in [0.5, 0.6) is 0 Å². The summed E-state index contributed by atoms with van der Waals surface area (Å²) in [6, 6.07) is 3.41. The number of hydrogen-bond acceptors (Lipinski definition) is 4. The molecule has 1 unspecified atom stereocenters. The molecule has 1 fully saturated rings. The lowest BCUT2D eigenvalue weighted by atomic mass is 10.3. The SMILES string of the molecule is O=S(=O)(NC1CCNC1)c1cccs1. The average Bonchev–Trinajstić information content (AvgIpc) is 2.71. The Balaban J connectivity index is 2.09. The molecule has 2 heterocycles. The molecular formula is C8H12N2O2S2. The summed E-state index contributed by atoms with van der Waals surface area (Å²) in [6.07, 6.45) is 0.866. The molecule has 14 heavy (non-hydrogen) atoms. The van der Waals surface area contributed by atoms with E-state index >= 15 is 0 Å². The molecule has 2 N–H and O–H groups in total. The fourth-order valence-electron chi connectivity index (χ4n) is 1.45. The molecule has 1 aliphatic heterocycles. The Morgan fingerprint density at radius 2 is 2.43 bits per heavy atom. The topological polar surface area (TPSA) is 58.2 Å². The van der Waals surface area contributed by atoms with Crippen LogP contribution in [0.2, 0.25) is 0 Å². The molecule has 0 aromatic carbocycles. The van der Waals surface area contributed by atoms with Crippen LogP contribution in [-0.4, -0.2) is 27.5 Å². The minimum absolute atomic E-state index is 0.0436. The number of rotatable bonds is 3. The van der Waals surface area contributed by atoms with Crippen molar-refractivity contribution in [1.82, 2.24) is 10.0 Å². The zero-order chi connectivity index (χ0) is 10.0. The van der Waals surface area contributed by atoms with Gasteiger partial charge in [0.2, 0.25) is 10.0 Å². The van der Waals surface area contributed by atoms with Gasteiger partial charge in [-0.2, -0.15) is 0 Å². The van der Waals surface area contributed by atoms with Crippen LogP contribution in [0.25, 0.3) is 0 Å². The average molecular weight is 232 g/mol. The molecule has 1 aromatic heterocycles. The summed E-state index contributed by atoms with van der Waals surface area (Å²) >= 11 is 1.24. The van der Waals surface area contributed by atoms with Gasteiger partial charge >= 0.3 is 0 Å². The molecule has 2 rings (SSSR count). The summed E-state index contributed by atoms with van der Waals surface area (Å²) < 4.78 is 26.5. The van der Waals surface area contributed by atoms with Crippen LogP contribution in [-0.2, 0) is 10.0 Å². The van der Waals surface area contributed by atoms with Crippen molar-refractivity contribution in [2.24, 2.45) is 0 Å². The highest BCUT2D eigenvalue weighted by Gasteiger charge is 2.22. The van der Waals surface area contributed by atoms with Gasteiger partial charge in [-0.1, -0.05) is 6.07 Å². The molecule has 1 saturated heterocycles. The Kier molecular flexibility index (Phi) is 2.87. The van der Waals surface area contributed by atoms with E-state index in [0.29, 0.717) is 4.21 Å². The first-order valence-corrected chi connectivity index (χ1v) is 6.81. The summed E-state index contributed by atoms with van der Waals surface area (Å²) in [5.41, 5.74) is 0. The van der Waals surface area contributed by atoms with Gasteiger partial charge < -0.3 is 5.32 Å². The Morgan fingerprint density at radius 3 is 3.00 bits per heavy atom. The van der Waals surface area contributed by atoms with Gasteiger partial charge in [0.1, 0.15) is 4.21 Å². The van der Waals surface area contributed by atoms with Crippen molar-refractivity contribution in [3.63, 3.8) is 0 Å². The van der Waals surface area contributed by atoms with Gasteiger partial charge in [-0.3, -0.25) is 0 Å². The summed E-state index contributed by atoms with van der Waals surface area (Å²) in [5.74, 6) is 0. The van der Waals surface area contributed by atoms with E-state index in [9.17, 15) is 8.42 Å². The van der Waals surface area contributed by atoms with Crippen LogP contribution in [0, 0.1) is 0 Å². The van der Waals surface area contributed by atoms with E-state index in [1.54, 1.807) is 17.5 Å². The second kappa shape index (κ2) is 3.98. The second-order valence-corrected chi connectivity index (χ2v) is 6.13. The number of sulfonamides is 1. The fraction of sp³-hybridized carbons (Fsp3) is 0.500. The lowest BCUT2D eigenvalue weighted by Gasteiger charge is -2.09. The van der Waals surface area contributed by atoms with Crippen LogP contribution in [0.15, 0.2) is 21.7 Å². The third-order valence-corrected chi connectivity index (χ3v) is 5.06. The van der Waals surface area contributed by atoms with Crippen molar-refractivity contribution >= 4 is 21.4 Å². The van der Waals surface area contributed by atoms with E-state index in [0.717, 1.165) is 19.5 Å². The number of nitrogens with one attached hydrogen (secondary N) is 2. The first kappa shape index (κ1) is 10.1. The Bertz CT molecular complexity index is 379. The molecule has 0 saturated carbocycles. The predicted octanol–water partition coefficient (Wildman–Crippen LogP) is 0.388. The summed E-state index contributed by atoms with van der Waals surface area (Å²) in [4.78, 5) is 0. The van der Waals surface area contributed by atoms with E-state index in [1.807, 2.05) is 0 Å². The fourth-order valence-corrected chi connectivity index (χ4v) is 3.73.